The largest absolute Gasteiger partial charge is 0.317 e. The molecular weight excluding hydrogens is 232 g/mol. The highest BCUT2D eigenvalue weighted by Gasteiger charge is 2.37. The van der Waals surface area contributed by atoms with Gasteiger partial charge in [0, 0.05) is 19.1 Å². The fourth-order valence-corrected chi connectivity index (χ4v) is 4.70. The molecule has 1 aliphatic heterocycles. The Morgan fingerprint density at radius 3 is 2.47 bits per heavy atom. The van der Waals surface area contributed by atoms with Crippen LogP contribution in [0.3, 0.4) is 0 Å². The summed E-state index contributed by atoms with van der Waals surface area (Å²) in [6, 6.07) is 0.737. The summed E-state index contributed by atoms with van der Waals surface area (Å²) in [6.45, 7) is 11.2. The second-order valence-corrected chi connectivity index (χ2v) is 7.70. The topological polar surface area (TPSA) is 15.3 Å². The molecule has 2 fully saturated rings. The van der Waals surface area contributed by atoms with E-state index in [0.717, 1.165) is 17.9 Å². The monoisotopic (exact) mass is 266 g/mol. The molecule has 112 valence electrons. The maximum absolute atomic E-state index is 3.48. The minimum absolute atomic E-state index is 0.653. The van der Waals surface area contributed by atoms with Gasteiger partial charge in [0.15, 0.2) is 0 Å². The van der Waals surface area contributed by atoms with Crippen molar-refractivity contribution in [1.29, 1.82) is 0 Å². The minimum atomic E-state index is 0.653. The molecule has 0 aromatic rings. The summed E-state index contributed by atoms with van der Waals surface area (Å²) in [5.41, 5.74) is 0.653. The van der Waals surface area contributed by atoms with Crippen LogP contribution in [0.1, 0.15) is 59.3 Å². The van der Waals surface area contributed by atoms with Gasteiger partial charge in [-0.05, 0) is 56.5 Å². The first-order valence-electron chi connectivity index (χ1n) is 8.44. The summed E-state index contributed by atoms with van der Waals surface area (Å²) in [4.78, 5) is 2.77. The number of nitrogens with one attached hydrogen (secondary N) is 1. The number of hydrogen-bond acceptors (Lipinski definition) is 2. The highest BCUT2D eigenvalue weighted by atomic mass is 15.2. The normalized spacial score (nSPS) is 32.1. The second kappa shape index (κ2) is 6.58. The zero-order valence-electron chi connectivity index (χ0n) is 13.5. The van der Waals surface area contributed by atoms with Crippen LogP contribution in [-0.4, -0.2) is 37.6 Å². The fraction of sp³-hybridized carbons (Fsp3) is 1.00. The maximum Gasteiger partial charge on any atom is 0.0114 e. The number of hydrogen-bond donors (Lipinski definition) is 1. The molecule has 1 saturated carbocycles. The maximum atomic E-state index is 3.48. The first kappa shape index (κ1) is 15.3. The van der Waals surface area contributed by atoms with E-state index in [1.807, 2.05) is 0 Å². The smallest absolute Gasteiger partial charge is 0.0114 e. The van der Waals surface area contributed by atoms with Crippen LogP contribution in [0.2, 0.25) is 0 Å². The molecule has 1 saturated heterocycles. The average Bonchev–Trinajstić information content (AvgIpc) is 2.76. The lowest BCUT2D eigenvalue weighted by Crippen LogP contribution is -2.50. The van der Waals surface area contributed by atoms with Gasteiger partial charge in [-0.25, -0.2) is 0 Å². The molecule has 2 atom stereocenters. The first-order valence-corrected chi connectivity index (χ1v) is 8.44. The van der Waals surface area contributed by atoms with Gasteiger partial charge in [-0.15, -0.1) is 0 Å². The van der Waals surface area contributed by atoms with E-state index >= 15 is 0 Å². The lowest BCUT2D eigenvalue weighted by atomic mass is 9.77. The zero-order valence-corrected chi connectivity index (χ0v) is 13.5. The Labute approximate surface area is 120 Å². The van der Waals surface area contributed by atoms with Crippen molar-refractivity contribution in [1.82, 2.24) is 10.2 Å². The van der Waals surface area contributed by atoms with Gasteiger partial charge >= 0.3 is 0 Å². The molecule has 19 heavy (non-hydrogen) atoms. The molecule has 1 N–H and O–H groups in total. The van der Waals surface area contributed by atoms with E-state index < -0.39 is 0 Å². The summed E-state index contributed by atoms with van der Waals surface area (Å²) in [6.07, 6.45) is 8.66. The van der Waals surface area contributed by atoms with Crippen LogP contribution in [0, 0.1) is 17.3 Å². The molecule has 0 amide bonds. The highest BCUT2D eigenvalue weighted by Crippen LogP contribution is 2.44. The number of rotatable bonds is 5. The van der Waals surface area contributed by atoms with Gasteiger partial charge in [0.05, 0.1) is 0 Å². The van der Waals surface area contributed by atoms with E-state index in [2.05, 4.69) is 38.0 Å². The quantitative estimate of drug-likeness (QED) is 0.819. The highest BCUT2D eigenvalue weighted by molar-refractivity contribution is 4.91. The molecule has 2 unspecified atom stereocenters. The van der Waals surface area contributed by atoms with Crippen molar-refractivity contribution in [3.8, 4) is 0 Å². The summed E-state index contributed by atoms with van der Waals surface area (Å²) < 4.78 is 0. The Morgan fingerprint density at radius 2 is 1.95 bits per heavy atom. The molecule has 0 spiro atoms. The lowest BCUT2D eigenvalue weighted by molar-refractivity contribution is 0.0803. The molecule has 2 heteroatoms. The van der Waals surface area contributed by atoms with Crippen LogP contribution in [-0.2, 0) is 0 Å². The molecule has 2 rings (SSSR count). The van der Waals surface area contributed by atoms with Gasteiger partial charge in [-0.3, -0.25) is 0 Å². The van der Waals surface area contributed by atoms with Crippen molar-refractivity contribution in [2.75, 3.05) is 26.7 Å². The van der Waals surface area contributed by atoms with Crippen molar-refractivity contribution >= 4 is 0 Å². The summed E-state index contributed by atoms with van der Waals surface area (Å²) in [5, 5.41) is 3.48. The van der Waals surface area contributed by atoms with Gasteiger partial charge in [-0.2, -0.15) is 0 Å². The van der Waals surface area contributed by atoms with Crippen LogP contribution in [0.15, 0.2) is 0 Å². The Kier molecular flexibility index (Phi) is 5.30. The Morgan fingerprint density at radius 1 is 1.26 bits per heavy atom. The van der Waals surface area contributed by atoms with Crippen LogP contribution in [0.5, 0.6) is 0 Å². The molecule has 1 heterocycles. The molecule has 1 aliphatic carbocycles. The second-order valence-electron chi connectivity index (χ2n) is 7.70. The third kappa shape index (κ3) is 3.95. The van der Waals surface area contributed by atoms with Gasteiger partial charge in [0.2, 0.25) is 0 Å². The van der Waals surface area contributed by atoms with Gasteiger partial charge in [0.25, 0.3) is 0 Å². The summed E-state index contributed by atoms with van der Waals surface area (Å²) in [7, 11) is 2.12. The predicted octanol–water partition coefficient (Wildman–Crippen LogP) is 3.52. The van der Waals surface area contributed by atoms with Crippen molar-refractivity contribution in [2.45, 2.75) is 65.3 Å². The molecule has 2 aliphatic rings. The van der Waals surface area contributed by atoms with Gasteiger partial charge in [-0.1, -0.05) is 33.6 Å². The minimum Gasteiger partial charge on any atom is -0.317 e. The van der Waals surface area contributed by atoms with Crippen LogP contribution in [0.25, 0.3) is 0 Å². The SMILES string of the molecule is CNC1CCN(CC2(CC(C)C)CCCC2)CC1C. The van der Waals surface area contributed by atoms with Crippen LogP contribution < -0.4 is 5.32 Å². The van der Waals surface area contributed by atoms with E-state index in [1.54, 1.807) is 0 Å². The zero-order chi connectivity index (χ0) is 13.9. The predicted molar refractivity (Wildman–Crippen MR) is 83.4 cm³/mol. The molecule has 0 radical (unpaired) electrons. The number of nitrogens with zero attached hydrogens (tertiary/aromatic N) is 1. The Balaban J connectivity index is 1.91. The molecular formula is C17H34N2. The molecule has 0 bridgehead atoms. The molecule has 2 nitrogen and oxygen atoms in total. The van der Waals surface area contributed by atoms with Gasteiger partial charge in [0.1, 0.15) is 0 Å². The number of piperidine rings is 1. The third-order valence-electron chi connectivity index (χ3n) is 5.42. The van der Waals surface area contributed by atoms with Gasteiger partial charge < -0.3 is 10.2 Å². The Bertz CT molecular complexity index is 268. The average molecular weight is 266 g/mol. The number of likely N-dealkylation sites (tertiary alicyclic amines) is 1. The fourth-order valence-electron chi connectivity index (χ4n) is 4.70. The summed E-state index contributed by atoms with van der Waals surface area (Å²) in [5.74, 6) is 1.65. The first-order chi connectivity index (χ1) is 9.04. The van der Waals surface area contributed by atoms with E-state index in [9.17, 15) is 0 Å². The van der Waals surface area contributed by atoms with Crippen LogP contribution >= 0.6 is 0 Å². The van der Waals surface area contributed by atoms with E-state index in [4.69, 9.17) is 0 Å². The van der Waals surface area contributed by atoms with E-state index in [0.29, 0.717) is 5.41 Å². The standard InChI is InChI=1S/C17H34N2/c1-14(2)11-17(8-5-6-9-17)13-19-10-7-16(18-4)15(3)12-19/h14-16,18H,5-13H2,1-4H3. The lowest BCUT2D eigenvalue weighted by Gasteiger charge is -2.42. The van der Waals surface area contributed by atoms with E-state index in [1.165, 1.54) is 58.2 Å². The third-order valence-corrected chi connectivity index (χ3v) is 5.42. The molecule has 0 aromatic heterocycles. The molecule has 0 aromatic carbocycles. The van der Waals surface area contributed by atoms with E-state index in [-0.39, 0.29) is 0 Å². The van der Waals surface area contributed by atoms with Crippen molar-refractivity contribution in [3.63, 3.8) is 0 Å². The van der Waals surface area contributed by atoms with Crippen molar-refractivity contribution in [3.05, 3.63) is 0 Å². The summed E-state index contributed by atoms with van der Waals surface area (Å²) >= 11 is 0. The van der Waals surface area contributed by atoms with Crippen molar-refractivity contribution in [2.24, 2.45) is 17.3 Å². The van der Waals surface area contributed by atoms with Crippen LogP contribution in [0.4, 0.5) is 0 Å². The van der Waals surface area contributed by atoms with Crippen molar-refractivity contribution < 1.29 is 0 Å². The Hall–Kier alpha value is -0.0800.